The molecule has 0 bridgehead atoms. The summed E-state index contributed by atoms with van der Waals surface area (Å²) in [5, 5.41) is 11.5. The van der Waals surface area contributed by atoms with Gasteiger partial charge in [0.25, 0.3) is 11.8 Å². The van der Waals surface area contributed by atoms with E-state index < -0.39 is 11.8 Å². The molecule has 0 saturated carbocycles. The third kappa shape index (κ3) is 5.21. The van der Waals surface area contributed by atoms with Crippen molar-refractivity contribution in [2.75, 3.05) is 11.9 Å². The highest BCUT2D eigenvalue weighted by Crippen LogP contribution is 2.29. The summed E-state index contributed by atoms with van der Waals surface area (Å²) in [5.41, 5.74) is 7.83. The summed E-state index contributed by atoms with van der Waals surface area (Å²) in [7, 11) is 0. The lowest BCUT2D eigenvalue weighted by molar-refractivity contribution is -0.117. The molecule has 4 rings (SSSR count). The van der Waals surface area contributed by atoms with Gasteiger partial charge in [0.05, 0.1) is 23.7 Å². The van der Waals surface area contributed by atoms with E-state index in [2.05, 4.69) is 15.7 Å². The lowest BCUT2D eigenvalue weighted by Crippen LogP contribution is -2.33. The Balaban J connectivity index is 1.47. The van der Waals surface area contributed by atoms with Crippen LogP contribution in [0.2, 0.25) is 5.02 Å². The van der Waals surface area contributed by atoms with Crippen LogP contribution in [-0.4, -0.2) is 34.0 Å². The van der Waals surface area contributed by atoms with Gasteiger partial charge in [-0.3, -0.25) is 19.1 Å². The maximum Gasteiger partial charge on any atom is 0.265 e. The molecule has 0 radical (unpaired) electrons. The molecule has 8 nitrogen and oxygen atoms in total. The van der Waals surface area contributed by atoms with Gasteiger partial charge >= 0.3 is 0 Å². The first-order valence-corrected chi connectivity index (χ1v) is 11.2. The van der Waals surface area contributed by atoms with Crippen molar-refractivity contribution in [3.05, 3.63) is 81.3 Å². The molecular formula is C23H20ClN5O3S. The van der Waals surface area contributed by atoms with Crippen molar-refractivity contribution in [3.63, 3.8) is 0 Å². The highest BCUT2D eigenvalue weighted by atomic mass is 35.5. The molecule has 0 spiro atoms. The smallest absolute Gasteiger partial charge is 0.265 e. The molecule has 0 aliphatic heterocycles. The second-order valence-corrected chi connectivity index (χ2v) is 8.85. The van der Waals surface area contributed by atoms with Gasteiger partial charge in [0, 0.05) is 21.7 Å². The minimum absolute atomic E-state index is 0.238. The zero-order chi connectivity index (χ0) is 23.5. The SMILES string of the molecule is Cc1nn(Cc2ccc(Cl)cc2)c2sc(C(=O)Nc3ccc(C(=O)NCC(N)=O)cc3)cc12. The standard InChI is InChI=1S/C23H20ClN5O3S/c1-13-18-10-19(33-23(18)29(28-13)12-14-2-6-16(24)7-3-14)22(32)27-17-8-4-15(5-9-17)21(31)26-11-20(25)30/h2-10H,11-12H2,1H3,(H2,25,30)(H,26,31)(H,27,32). The summed E-state index contributed by atoms with van der Waals surface area (Å²) in [6.07, 6.45) is 0. The van der Waals surface area contributed by atoms with Crippen LogP contribution in [0.25, 0.3) is 10.2 Å². The highest BCUT2D eigenvalue weighted by molar-refractivity contribution is 7.20. The maximum absolute atomic E-state index is 12.8. The monoisotopic (exact) mass is 481 g/mol. The fourth-order valence-electron chi connectivity index (χ4n) is 3.26. The summed E-state index contributed by atoms with van der Waals surface area (Å²) >= 11 is 7.33. The molecule has 2 aromatic heterocycles. The van der Waals surface area contributed by atoms with Gasteiger partial charge in [-0.1, -0.05) is 23.7 Å². The minimum atomic E-state index is -0.623. The van der Waals surface area contributed by atoms with E-state index in [1.54, 1.807) is 24.3 Å². The van der Waals surface area contributed by atoms with Crippen molar-refractivity contribution in [1.82, 2.24) is 15.1 Å². The van der Waals surface area contributed by atoms with E-state index in [1.165, 1.54) is 11.3 Å². The van der Waals surface area contributed by atoms with E-state index in [0.29, 0.717) is 27.7 Å². The number of carbonyl (C=O) groups is 3. The molecule has 168 valence electrons. The molecule has 2 aromatic carbocycles. The van der Waals surface area contributed by atoms with E-state index in [4.69, 9.17) is 17.3 Å². The number of nitrogens with zero attached hydrogens (tertiary/aromatic N) is 2. The van der Waals surface area contributed by atoms with Crippen molar-refractivity contribution < 1.29 is 14.4 Å². The van der Waals surface area contributed by atoms with Crippen molar-refractivity contribution in [3.8, 4) is 0 Å². The topological polar surface area (TPSA) is 119 Å². The number of anilines is 1. The fraction of sp³-hybridized carbons (Fsp3) is 0.130. The molecule has 4 N–H and O–H groups in total. The van der Waals surface area contributed by atoms with Crippen LogP contribution in [0, 0.1) is 6.92 Å². The van der Waals surface area contributed by atoms with Crippen LogP contribution in [0.1, 0.15) is 31.3 Å². The van der Waals surface area contributed by atoms with E-state index in [-0.39, 0.29) is 12.5 Å². The molecule has 0 fully saturated rings. The van der Waals surface area contributed by atoms with Crippen molar-refractivity contribution in [2.45, 2.75) is 13.5 Å². The third-order valence-electron chi connectivity index (χ3n) is 4.90. The predicted molar refractivity (Wildman–Crippen MR) is 129 cm³/mol. The second-order valence-electron chi connectivity index (χ2n) is 7.38. The number of fused-ring (bicyclic) bond motifs is 1. The zero-order valence-electron chi connectivity index (χ0n) is 17.6. The molecule has 33 heavy (non-hydrogen) atoms. The van der Waals surface area contributed by atoms with Gasteiger partial charge in [-0.2, -0.15) is 5.10 Å². The maximum atomic E-state index is 12.8. The van der Waals surface area contributed by atoms with E-state index in [9.17, 15) is 14.4 Å². The molecule has 0 aliphatic rings. The normalized spacial score (nSPS) is 10.8. The Kier molecular flexibility index (Phi) is 6.43. The first-order chi connectivity index (χ1) is 15.8. The number of halogens is 1. The van der Waals surface area contributed by atoms with Crippen LogP contribution < -0.4 is 16.4 Å². The number of rotatable bonds is 7. The number of thiophene rings is 1. The van der Waals surface area contributed by atoms with Gasteiger partial charge in [-0.25, -0.2) is 0 Å². The first kappa shape index (κ1) is 22.5. The number of primary amides is 1. The molecule has 2 heterocycles. The lowest BCUT2D eigenvalue weighted by atomic mass is 10.2. The molecule has 4 aromatic rings. The van der Waals surface area contributed by atoms with E-state index in [1.807, 2.05) is 41.9 Å². The van der Waals surface area contributed by atoms with Crippen LogP contribution >= 0.6 is 22.9 Å². The number of nitrogens with two attached hydrogens (primary N) is 1. The van der Waals surface area contributed by atoms with Gasteiger partial charge in [0.2, 0.25) is 5.91 Å². The van der Waals surface area contributed by atoms with Crippen molar-refractivity contribution in [1.29, 1.82) is 0 Å². The Morgan fingerprint density at radius 1 is 1.06 bits per heavy atom. The van der Waals surface area contributed by atoms with E-state index >= 15 is 0 Å². The molecule has 0 atom stereocenters. The third-order valence-corrected chi connectivity index (χ3v) is 6.30. The van der Waals surface area contributed by atoms with Crippen LogP contribution in [0.3, 0.4) is 0 Å². The summed E-state index contributed by atoms with van der Waals surface area (Å²) in [6, 6.07) is 15.8. The van der Waals surface area contributed by atoms with Crippen molar-refractivity contribution in [2.24, 2.45) is 5.73 Å². The van der Waals surface area contributed by atoms with Gasteiger partial charge in [0.15, 0.2) is 0 Å². The molecular weight excluding hydrogens is 462 g/mol. The summed E-state index contributed by atoms with van der Waals surface area (Å²) in [4.78, 5) is 37.0. The average molecular weight is 482 g/mol. The zero-order valence-corrected chi connectivity index (χ0v) is 19.2. The number of nitrogens with one attached hydrogen (secondary N) is 2. The quantitative estimate of drug-likeness (QED) is 0.373. The Hall–Kier alpha value is -3.69. The number of hydrogen-bond acceptors (Lipinski definition) is 5. The molecule has 0 saturated heterocycles. The first-order valence-electron chi connectivity index (χ1n) is 9.99. The second kappa shape index (κ2) is 9.43. The highest BCUT2D eigenvalue weighted by Gasteiger charge is 2.17. The summed E-state index contributed by atoms with van der Waals surface area (Å²) < 4.78 is 1.88. The number of carbonyl (C=O) groups excluding carboxylic acids is 3. The number of benzene rings is 2. The number of amides is 3. The molecule has 3 amide bonds. The van der Waals surface area contributed by atoms with Crippen LogP contribution in [0.15, 0.2) is 54.6 Å². The van der Waals surface area contributed by atoms with Gasteiger partial charge in [0.1, 0.15) is 4.83 Å². The molecule has 0 unspecified atom stereocenters. The number of aromatic nitrogens is 2. The lowest BCUT2D eigenvalue weighted by Gasteiger charge is -2.06. The van der Waals surface area contributed by atoms with Crippen LogP contribution in [-0.2, 0) is 11.3 Å². The molecule has 10 heteroatoms. The Morgan fingerprint density at radius 2 is 1.76 bits per heavy atom. The van der Waals surface area contributed by atoms with Gasteiger partial charge in [-0.15, -0.1) is 11.3 Å². The summed E-state index contributed by atoms with van der Waals surface area (Å²) in [6.45, 7) is 2.25. The minimum Gasteiger partial charge on any atom is -0.368 e. The van der Waals surface area contributed by atoms with Gasteiger partial charge in [-0.05, 0) is 55.0 Å². The Bertz CT molecular complexity index is 1340. The summed E-state index contributed by atoms with van der Waals surface area (Å²) in [5.74, 6) is -1.29. The number of aryl methyl sites for hydroxylation is 1. The Labute approximate surface area is 198 Å². The Morgan fingerprint density at radius 3 is 2.42 bits per heavy atom. The largest absolute Gasteiger partial charge is 0.368 e. The predicted octanol–water partition coefficient (Wildman–Crippen LogP) is 3.58. The fourth-order valence-corrected chi connectivity index (χ4v) is 4.44. The van der Waals surface area contributed by atoms with Crippen LogP contribution in [0.4, 0.5) is 5.69 Å². The van der Waals surface area contributed by atoms with Gasteiger partial charge < -0.3 is 16.4 Å². The number of hydrogen-bond donors (Lipinski definition) is 3. The van der Waals surface area contributed by atoms with E-state index in [0.717, 1.165) is 21.5 Å². The van der Waals surface area contributed by atoms with Crippen molar-refractivity contribution >= 4 is 56.6 Å². The van der Waals surface area contributed by atoms with Crippen LogP contribution in [0.5, 0.6) is 0 Å². The molecule has 0 aliphatic carbocycles. The average Bonchev–Trinajstić information content (AvgIpc) is 3.35.